The van der Waals surface area contributed by atoms with Crippen molar-refractivity contribution >= 4 is 33.1 Å². The first-order valence-corrected chi connectivity index (χ1v) is 5.37. The molecule has 0 N–H and O–H groups in total. The summed E-state index contributed by atoms with van der Waals surface area (Å²) in [5.74, 6) is 0. The van der Waals surface area contributed by atoms with E-state index in [0.29, 0.717) is 5.56 Å². The van der Waals surface area contributed by atoms with E-state index in [1.807, 2.05) is 30.5 Å². The van der Waals surface area contributed by atoms with Gasteiger partial charge in [-0.05, 0) is 24.3 Å². The normalized spacial score (nSPS) is 10.5. The number of hydrogen-bond acceptors (Lipinski definition) is 1. The molecule has 0 amide bonds. The third-order valence-corrected chi connectivity index (χ3v) is 2.52. The van der Waals surface area contributed by atoms with E-state index in [4.69, 9.17) is 0 Å². The van der Waals surface area contributed by atoms with Gasteiger partial charge in [-0.25, -0.2) is 0 Å². The Morgan fingerprint density at radius 1 is 1.47 bits per heavy atom. The minimum Gasteiger partial charge on any atom is -0.343 e. The van der Waals surface area contributed by atoms with E-state index in [0.717, 1.165) is 28.2 Å². The van der Waals surface area contributed by atoms with Gasteiger partial charge in [-0.15, -0.1) is 0 Å². The summed E-state index contributed by atoms with van der Waals surface area (Å²) in [6.45, 7) is 4.55. The zero-order chi connectivity index (χ0) is 10.8. The van der Waals surface area contributed by atoms with Crippen LogP contribution in [0.25, 0.3) is 10.9 Å². The molecule has 2 rings (SSSR count). The van der Waals surface area contributed by atoms with E-state index in [1.165, 1.54) is 0 Å². The molecule has 2 nitrogen and oxygen atoms in total. The molecule has 76 valence electrons. The van der Waals surface area contributed by atoms with Crippen molar-refractivity contribution in [3.8, 4) is 0 Å². The van der Waals surface area contributed by atoms with Crippen LogP contribution >= 0.6 is 15.9 Å². The number of aromatic nitrogens is 1. The van der Waals surface area contributed by atoms with Crippen LogP contribution in [0.5, 0.6) is 0 Å². The highest BCUT2D eigenvalue weighted by Crippen LogP contribution is 2.19. The van der Waals surface area contributed by atoms with Gasteiger partial charge in [-0.1, -0.05) is 22.5 Å². The molecule has 2 aromatic rings. The van der Waals surface area contributed by atoms with Gasteiger partial charge in [0, 0.05) is 27.1 Å². The Balaban J connectivity index is 2.51. The van der Waals surface area contributed by atoms with Crippen LogP contribution in [0.4, 0.5) is 0 Å². The van der Waals surface area contributed by atoms with Gasteiger partial charge in [-0.2, -0.15) is 0 Å². The number of halogens is 1. The lowest BCUT2D eigenvalue weighted by Gasteiger charge is -2.03. The number of hydrogen-bond donors (Lipinski definition) is 0. The SMILES string of the molecule is C=C(Br)Cn1ccc2cc(C=O)ccc21. The van der Waals surface area contributed by atoms with Crippen LogP contribution in [0.2, 0.25) is 0 Å². The van der Waals surface area contributed by atoms with Gasteiger partial charge in [0.05, 0.1) is 6.54 Å². The maximum Gasteiger partial charge on any atom is 0.150 e. The number of nitrogens with zero attached hydrogens (tertiary/aromatic N) is 1. The first-order chi connectivity index (χ1) is 7.20. The number of carbonyl (C=O) groups is 1. The zero-order valence-electron chi connectivity index (χ0n) is 8.11. The monoisotopic (exact) mass is 263 g/mol. The highest BCUT2D eigenvalue weighted by atomic mass is 79.9. The van der Waals surface area contributed by atoms with Gasteiger partial charge >= 0.3 is 0 Å². The van der Waals surface area contributed by atoms with Crippen molar-refractivity contribution in [2.75, 3.05) is 0 Å². The second-order valence-corrected chi connectivity index (χ2v) is 4.52. The van der Waals surface area contributed by atoms with Gasteiger partial charge in [0.25, 0.3) is 0 Å². The van der Waals surface area contributed by atoms with E-state index >= 15 is 0 Å². The van der Waals surface area contributed by atoms with Crippen LogP contribution in [-0.4, -0.2) is 10.9 Å². The molecule has 0 saturated heterocycles. The molecule has 0 unspecified atom stereocenters. The predicted molar refractivity (Wildman–Crippen MR) is 65.4 cm³/mol. The van der Waals surface area contributed by atoms with Gasteiger partial charge < -0.3 is 4.57 Å². The topological polar surface area (TPSA) is 22.0 Å². The first-order valence-electron chi connectivity index (χ1n) is 4.58. The molecule has 1 heterocycles. The number of benzene rings is 1. The summed E-state index contributed by atoms with van der Waals surface area (Å²) < 4.78 is 3.01. The second kappa shape index (κ2) is 4.03. The summed E-state index contributed by atoms with van der Waals surface area (Å²) in [5.41, 5.74) is 1.82. The fourth-order valence-corrected chi connectivity index (χ4v) is 1.88. The van der Waals surface area contributed by atoms with Crippen molar-refractivity contribution in [3.05, 3.63) is 47.1 Å². The average Bonchev–Trinajstić information content (AvgIpc) is 2.60. The lowest BCUT2D eigenvalue weighted by Crippen LogP contribution is -1.94. The van der Waals surface area contributed by atoms with Gasteiger partial charge in [0.1, 0.15) is 6.29 Å². The van der Waals surface area contributed by atoms with Crippen molar-refractivity contribution in [2.24, 2.45) is 0 Å². The molecule has 0 aliphatic carbocycles. The fourth-order valence-electron chi connectivity index (χ4n) is 1.61. The number of allylic oxidation sites excluding steroid dienone is 1. The van der Waals surface area contributed by atoms with Crippen LogP contribution < -0.4 is 0 Å². The third kappa shape index (κ3) is 2.02. The number of carbonyl (C=O) groups excluding carboxylic acids is 1. The van der Waals surface area contributed by atoms with E-state index in [9.17, 15) is 4.79 Å². The molecule has 0 aliphatic rings. The average molecular weight is 264 g/mol. The van der Waals surface area contributed by atoms with Crippen molar-refractivity contribution in [1.29, 1.82) is 0 Å². The molecule has 1 aromatic carbocycles. The quantitative estimate of drug-likeness (QED) is 0.779. The molecule has 0 spiro atoms. The number of rotatable bonds is 3. The second-order valence-electron chi connectivity index (χ2n) is 3.40. The highest BCUT2D eigenvalue weighted by molar-refractivity contribution is 9.11. The maximum absolute atomic E-state index is 10.6. The minimum atomic E-state index is 0.706. The molecular weight excluding hydrogens is 254 g/mol. The molecule has 15 heavy (non-hydrogen) atoms. The summed E-state index contributed by atoms with van der Waals surface area (Å²) in [6, 6.07) is 7.66. The third-order valence-electron chi connectivity index (χ3n) is 2.27. The summed E-state index contributed by atoms with van der Waals surface area (Å²) in [4.78, 5) is 10.6. The first kappa shape index (κ1) is 10.2. The Hall–Kier alpha value is -1.35. The molecule has 3 heteroatoms. The fraction of sp³-hybridized carbons (Fsp3) is 0.0833. The van der Waals surface area contributed by atoms with Crippen molar-refractivity contribution in [3.63, 3.8) is 0 Å². The lowest BCUT2D eigenvalue weighted by atomic mass is 10.2. The Morgan fingerprint density at radius 2 is 2.27 bits per heavy atom. The molecule has 0 atom stereocenters. The molecule has 0 bridgehead atoms. The Bertz CT molecular complexity index is 527. The smallest absolute Gasteiger partial charge is 0.150 e. The summed E-state index contributed by atoms with van der Waals surface area (Å²) >= 11 is 3.34. The minimum absolute atomic E-state index is 0.706. The molecule has 1 aromatic heterocycles. The van der Waals surface area contributed by atoms with Gasteiger partial charge in [0.2, 0.25) is 0 Å². The van der Waals surface area contributed by atoms with Gasteiger partial charge in [0.15, 0.2) is 0 Å². The van der Waals surface area contributed by atoms with Gasteiger partial charge in [-0.3, -0.25) is 4.79 Å². The van der Waals surface area contributed by atoms with Crippen molar-refractivity contribution in [2.45, 2.75) is 6.54 Å². The van der Waals surface area contributed by atoms with E-state index in [-0.39, 0.29) is 0 Å². The number of aldehydes is 1. The van der Waals surface area contributed by atoms with Crippen LogP contribution in [0, 0.1) is 0 Å². The standard InChI is InChI=1S/C12H10BrNO/c1-9(13)7-14-5-4-11-6-10(8-15)2-3-12(11)14/h2-6,8H,1,7H2. The Labute approximate surface area is 96.3 Å². The van der Waals surface area contributed by atoms with Crippen LogP contribution in [0.3, 0.4) is 0 Å². The maximum atomic E-state index is 10.6. The van der Waals surface area contributed by atoms with Crippen molar-refractivity contribution in [1.82, 2.24) is 4.57 Å². The summed E-state index contributed by atoms with van der Waals surface area (Å²) in [6.07, 6.45) is 2.85. The highest BCUT2D eigenvalue weighted by Gasteiger charge is 2.01. The molecular formula is C12H10BrNO. The van der Waals surface area contributed by atoms with E-state index < -0.39 is 0 Å². The van der Waals surface area contributed by atoms with Crippen LogP contribution in [-0.2, 0) is 6.54 Å². The summed E-state index contributed by atoms with van der Waals surface area (Å²) in [7, 11) is 0. The summed E-state index contributed by atoms with van der Waals surface area (Å²) in [5, 5.41) is 1.08. The molecule has 0 fully saturated rings. The lowest BCUT2D eigenvalue weighted by molar-refractivity contribution is 0.112. The molecule has 0 aliphatic heterocycles. The molecule has 0 saturated carbocycles. The van der Waals surface area contributed by atoms with E-state index in [1.54, 1.807) is 0 Å². The van der Waals surface area contributed by atoms with Crippen molar-refractivity contribution < 1.29 is 4.79 Å². The number of fused-ring (bicyclic) bond motifs is 1. The largest absolute Gasteiger partial charge is 0.343 e. The van der Waals surface area contributed by atoms with Crippen LogP contribution in [0.1, 0.15) is 10.4 Å². The Kier molecular flexibility index (Phi) is 2.73. The van der Waals surface area contributed by atoms with Crippen LogP contribution in [0.15, 0.2) is 41.5 Å². The predicted octanol–water partition coefficient (Wildman–Crippen LogP) is 3.36. The van der Waals surface area contributed by atoms with E-state index in [2.05, 4.69) is 27.1 Å². The Morgan fingerprint density at radius 3 is 2.93 bits per heavy atom. The molecule has 0 radical (unpaired) electrons. The zero-order valence-corrected chi connectivity index (χ0v) is 9.70.